The molecular weight excluding hydrogens is 392 g/mol. The smallest absolute Gasteiger partial charge is 0.411 e. The van der Waals surface area contributed by atoms with E-state index in [9.17, 15) is 4.79 Å². The highest BCUT2D eigenvalue weighted by Gasteiger charge is 2.18. The van der Waals surface area contributed by atoms with Crippen LogP contribution in [-0.2, 0) is 6.54 Å². The molecule has 3 aromatic rings. The number of pyridine rings is 1. The molecule has 2 aliphatic rings. The van der Waals surface area contributed by atoms with Crippen molar-refractivity contribution < 1.29 is 9.90 Å². The molecule has 2 fully saturated rings. The minimum absolute atomic E-state index is 0.0531. The lowest BCUT2D eigenvalue weighted by Crippen LogP contribution is -2.32. The summed E-state index contributed by atoms with van der Waals surface area (Å²) < 4.78 is 1.63. The van der Waals surface area contributed by atoms with Crippen LogP contribution in [0.1, 0.15) is 37.7 Å². The van der Waals surface area contributed by atoms with E-state index in [2.05, 4.69) is 38.5 Å². The summed E-state index contributed by atoms with van der Waals surface area (Å²) in [5.41, 5.74) is 3.61. The van der Waals surface area contributed by atoms with E-state index in [1.54, 1.807) is 10.6 Å². The average molecular weight is 419 g/mol. The Morgan fingerprint density at radius 1 is 1.13 bits per heavy atom. The summed E-state index contributed by atoms with van der Waals surface area (Å²) in [7, 11) is 0. The van der Waals surface area contributed by atoms with Gasteiger partial charge in [0.25, 0.3) is 5.95 Å². The van der Waals surface area contributed by atoms with E-state index in [1.807, 2.05) is 24.3 Å². The largest absolute Gasteiger partial charge is 0.465 e. The van der Waals surface area contributed by atoms with Gasteiger partial charge in [0.1, 0.15) is 0 Å². The number of anilines is 1. The second-order valence-electron chi connectivity index (χ2n) is 7.98. The molecule has 1 amide bonds. The first-order valence-corrected chi connectivity index (χ1v) is 10.7. The lowest BCUT2D eigenvalue weighted by atomic mass is 9.98. The predicted molar refractivity (Wildman–Crippen MR) is 118 cm³/mol. The molecule has 1 aliphatic heterocycles. The summed E-state index contributed by atoms with van der Waals surface area (Å²) in [6.07, 6.45) is 5.19. The molecule has 0 atom stereocenters. The third kappa shape index (κ3) is 5.58. The molecule has 1 saturated carbocycles. The van der Waals surface area contributed by atoms with Crippen LogP contribution >= 0.6 is 0 Å². The van der Waals surface area contributed by atoms with Gasteiger partial charge in [-0.1, -0.05) is 49.6 Å². The fourth-order valence-electron chi connectivity index (χ4n) is 3.53. The fraction of sp³-hybridized carbons (Fsp3) is 0.391. The van der Waals surface area contributed by atoms with Crippen LogP contribution in [0.4, 0.5) is 10.7 Å². The van der Waals surface area contributed by atoms with Gasteiger partial charge in [-0.15, -0.1) is 5.10 Å². The van der Waals surface area contributed by atoms with Crippen molar-refractivity contribution in [2.75, 3.05) is 18.4 Å². The normalized spacial score (nSPS) is 16.2. The molecule has 2 aromatic heterocycles. The van der Waals surface area contributed by atoms with E-state index in [0.717, 1.165) is 43.7 Å². The molecule has 5 rings (SSSR count). The maximum atomic E-state index is 10.8. The van der Waals surface area contributed by atoms with E-state index in [1.165, 1.54) is 24.8 Å². The van der Waals surface area contributed by atoms with Crippen molar-refractivity contribution in [1.82, 2.24) is 19.5 Å². The van der Waals surface area contributed by atoms with Gasteiger partial charge >= 0.3 is 6.09 Å². The summed E-state index contributed by atoms with van der Waals surface area (Å²) in [5.74, 6) is 0.250. The van der Waals surface area contributed by atoms with Gasteiger partial charge < -0.3 is 5.11 Å². The first-order chi connectivity index (χ1) is 15.1. The topological polar surface area (TPSA) is 107 Å². The maximum Gasteiger partial charge on any atom is 0.411 e. The quantitative estimate of drug-likeness (QED) is 0.651. The molecule has 0 spiro atoms. The molecule has 2 N–H and O–H groups in total. The second kappa shape index (κ2) is 9.58. The lowest BCUT2D eigenvalue weighted by Gasteiger charge is -2.29. The van der Waals surface area contributed by atoms with Crippen molar-refractivity contribution in [3.63, 3.8) is 0 Å². The van der Waals surface area contributed by atoms with Crippen LogP contribution < -0.4 is 5.32 Å². The number of carboxylic acid groups (broad SMARTS) is 1. The number of amides is 1. The number of aromatic nitrogens is 3. The summed E-state index contributed by atoms with van der Waals surface area (Å²) in [6, 6.07) is 16.2. The first kappa shape index (κ1) is 20.8. The van der Waals surface area contributed by atoms with Crippen molar-refractivity contribution in [2.45, 2.75) is 38.6 Å². The summed E-state index contributed by atoms with van der Waals surface area (Å²) >= 11 is 0. The van der Waals surface area contributed by atoms with Gasteiger partial charge in [0, 0.05) is 18.0 Å². The molecule has 8 heteroatoms. The zero-order valence-corrected chi connectivity index (χ0v) is 17.4. The number of hydrogen-bond donors (Lipinski definition) is 2. The Hall–Kier alpha value is -3.44. The molecule has 160 valence electrons. The Labute approximate surface area is 181 Å². The highest BCUT2D eigenvalue weighted by molar-refractivity contribution is 5.80. The van der Waals surface area contributed by atoms with Crippen LogP contribution in [0.2, 0.25) is 0 Å². The summed E-state index contributed by atoms with van der Waals surface area (Å²) in [5, 5.41) is 24.3. The van der Waals surface area contributed by atoms with Crippen LogP contribution in [-0.4, -0.2) is 43.8 Å². The Morgan fingerprint density at radius 3 is 2.45 bits per heavy atom. The van der Waals surface area contributed by atoms with E-state index >= 15 is 0 Å². The summed E-state index contributed by atoms with van der Waals surface area (Å²) in [6.45, 7) is 2.79. The lowest BCUT2D eigenvalue weighted by molar-refractivity contribution is 0.198. The van der Waals surface area contributed by atoms with Gasteiger partial charge in [0.2, 0.25) is 0 Å². The van der Waals surface area contributed by atoms with Crippen LogP contribution in [0.5, 0.6) is 0 Å². The molecule has 1 saturated heterocycles. The number of piperidine rings is 1. The molecule has 3 heterocycles. The number of rotatable bonds is 4. The molecule has 0 unspecified atom stereocenters. The van der Waals surface area contributed by atoms with E-state index < -0.39 is 6.09 Å². The molecular formula is C23H26N6O2. The Kier molecular flexibility index (Phi) is 6.43. The molecule has 0 bridgehead atoms. The van der Waals surface area contributed by atoms with Crippen molar-refractivity contribution in [3.8, 4) is 17.3 Å². The van der Waals surface area contributed by atoms with Gasteiger partial charge in [-0.05, 0) is 43.6 Å². The third-order valence-electron chi connectivity index (χ3n) is 5.36. The number of nitrogens with zero attached hydrogens (tertiary/aromatic N) is 5. The van der Waals surface area contributed by atoms with E-state index in [-0.39, 0.29) is 11.9 Å². The van der Waals surface area contributed by atoms with E-state index in [4.69, 9.17) is 10.4 Å². The zero-order valence-electron chi connectivity index (χ0n) is 17.4. The van der Waals surface area contributed by atoms with Crippen LogP contribution in [0, 0.1) is 17.2 Å². The number of benzene rings is 1. The van der Waals surface area contributed by atoms with Crippen molar-refractivity contribution >= 4 is 17.7 Å². The molecule has 8 nitrogen and oxygen atoms in total. The molecule has 31 heavy (non-hydrogen) atoms. The third-order valence-corrected chi connectivity index (χ3v) is 5.36. The zero-order chi connectivity index (χ0) is 21.6. The SMILES string of the molecule is C1CC1.N#CC1CCN(Cc2ccc(-c3cccc4nc(NC(=O)O)nn34)cc2)CC1. The van der Waals surface area contributed by atoms with Gasteiger partial charge in [0.15, 0.2) is 5.65 Å². The van der Waals surface area contributed by atoms with Crippen LogP contribution in [0.15, 0.2) is 42.5 Å². The number of nitrogens with one attached hydrogen (secondary N) is 1. The van der Waals surface area contributed by atoms with Crippen LogP contribution in [0.25, 0.3) is 16.9 Å². The molecule has 1 aliphatic carbocycles. The molecule has 0 radical (unpaired) electrons. The second-order valence-corrected chi connectivity index (χ2v) is 7.98. The molecule has 1 aromatic carbocycles. The van der Waals surface area contributed by atoms with Gasteiger partial charge in [0.05, 0.1) is 11.8 Å². The van der Waals surface area contributed by atoms with Crippen molar-refractivity contribution in [3.05, 3.63) is 48.0 Å². The predicted octanol–water partition coefficient (Wildman–Crippen LogP) is 4.39. The maximum absolute atomic E-state index is 10.8. The Balaban J connectivity index is 0.000000710. The standard InChI is InChI=1S/C20H20N6O2.C3H6/c21-12-14-8-10-25(11-9-14)13-15-4-6-16(7-5-15)17-2-1-3-18-22-19(23-20(27)28)24-26(17)18;1-2-3-1/h1-7,14H,8-11,13H2,(H,23,24)(H,27,28);1-3H2. The first-order valence-electron chi connectivity index (χ1n) is 10.7. The van der Waals surface area contributed by atoms with Crippen LogP contribution in [0.3, 0.4) is 0 Å². The highest BCUT2D eigenvalue weighted by atomic mass is 16.4. The average Bonchev–Trinajstić information content (AvgIpc) is 3.61. The fourth-order valence-corrected chi connectivity index (χ4v) is 3.53. The van der Waals surface area contributed by atoms with Gasteiger partial charge in [-0.3, -0.25) is 10.2 Å². The van der Waals surface area contributed by atoms with Gasteiger partial charge in [-0.25, -0.2) is 9.31 Å². The summed E-state index contributed by atoms with van der Waals surface area (Å²) in [4.78, 5) is 17.4. The highest BCUT2D eigenvalue weighted by Crippen LogP contribution is 2.23. The monoisotopic (exact) mass is 418 g/mol. The Morgan fingerprint density at radius 2 is 1.84 bits per heavy atom. The van der Waals surface area contributed by atoms with Crippen molar-refractivity contribution in [2.24, 2.45) is 5.92 Å². The number of hydrogen-bond acceptors (Lipinski definition) is 5. The van der Waals surface area contributed by atoms with Crippen molar-refractivity contribution in [1.29, 1.82) is 5.26 Å². The van der Waals surface area contributed by atoms with Gasteiger partial charge in [-0.2, -0.15) is 10.2 Å². The number of nitriles is 1. The number of carbonyl (C=O) groups is 1. The minimum atomic E-state index is -1.19. The minimum Gasteiger partial charge on any atom is -0.465 e. The van der Waals surface area contributed by atoms with E-state index in [0.29, 0.717) is 5.65 Å². The number of fused-ring (bicyclic) bond motifs is 1. The number of likely N-dealkylation sites (tertiary alicyclic amines) is 1. The Bertz CT molecular complexity index is 1070.